The van der Waals surface area contributed by atoms with Crippen LogP contribution in [0.15, 0.2) is 77.7 Å². The molecule has 3 aromatic rings. The molecule has 4 rings (SSSR count). The number of alkyl halides is 2. The summed E-state index contributed by atoms with van der Waals surface area (Å²) < 4.78 is 33.4. The SMILES string of the molecule is Nc1ccn([C@@H]2O[C@](CCl)(COC(=O)c3ccccc3)[C@@H](OC(=O)c3ccccc3)[C@@H]2F)c(=O)n1. The van der Waals surface area contributed by atoms with Crippen molar-refractivity contribution >= 4 is 29.4 Å². The van der Waals surface area contributed by atoms with Gasteiger partial charge >= 0.3 is 17.6 Å². The average Bonchev–Trinajstić information content (AvgIpc) is 3.15. The molecule has 1 fully saturated rings. The molecule has 0 amide bonds. The molecule has 35 heavy (non-hydrogen) atoms. The average molecular weight is 502 g/mol. The second-order valence-corrected chi connectivity index (χ2v) is 8.09. The predicted molar refractivity (Wildman–Crippen MR) is 124 cm³/mol. The molecule has 0 radical (unpaired) electrons. The maximum Gasteiger partial charge on any atom is 0.351 e. The Labute approximate surface area is 204 Å². The van der Waals surface area contributed by atoms with E-state index >= 15 is 4.39 Å². The van der Waals surface area contributed by atoms with E-state index in [0.717, 1.165) is 4.57 Å². The van der Waals surface area contributed by atoms with E-state index in [-0.39, 0.29) is 16.9 Å². The number of benzene rings is 2. The van der Waals surface area contributed by atoms with Gasteiger partial charge in [0.2, 0.25) is 0 Å². The van der Waals surface area contributed by atoms with Crippen molar-refractivity contribution in [3.8, 4) is 0 Å². The van der Waals surface area contributed by atoms with Crippen LogP contribution in [0.5, 0.6) is 0 Å². The van der Waals surface area contributed by atoms with Crippen molar-refractivity contribution in [2.45, 2.75) is 24.1 Å². The van der Waals surface area contributed by atoms with Crippen molar-refractivity contribution in [1.29, 1.82) is 0 Å². The minimum Gasteiger partial charge on any atom is -0.459 e. The highest BCUT2D eigenvalue weighted by molar-refractivity contribution is 6.18. The molecular formula is C24H21ClFN3O6. The van der Waals surface area contributed by atoms with Crippen LogP contribution in [0.2, 0.25) is 0 Å². The van der Waals surface area contributed by atoms with Crippen molar-refractivity contribution in [3.05, 3.63) is 94.5 Å². The molecule has 0 spiro atoms. The topological polar surface area (TPSA) is 123 Å². The highest BCUT2D eigenvalue weighted by atomic mass is 35.5. The van der Waals surface area contributed by atoms with E-state index in [9.17, 15) is 14.4 Å². The van der Waals surface area contributed by atoms with Gasteiger partial charge in [0.25, 0.3) is 0 Å². The monoisotopic (exact) mass is 501 g/mol. The Balaban J connectivity index is 1.66. The lowest BCUT2D eigenvalue weighted by molar-refractivity contribution is -0.120. The molecule has 4 atom stereocenters. The molecular weight excluding hydrogens is 481 g/mol. The number of esters is 2. The maximum atomic E-state index is 15.8. The largest absolute Gasteiger partial charge is 0.459 e. The fourth-order valence-electron chi connectivity index (χ4n) is 3.68. The van der Waals surface area contributed by atoms with Crippen LogP contribution < -0.4 is 11.4 Å². The summed E-state index contributed by atoms with van der Waals surface area (Å²) in [4.78, 5) is 41.3. The van der Waals surface area contributed by atoms with Gasteiger partial charge in [-0.3, -0.25) is 4.57 Å². The van der Waals surface area contributed by atoms with Crippen LogP contribution >= 0.6 is 11.6 Å². The zero-order chi connectivity index (χ0) is 25.0. The normalized spacial score (nSPS) is 23.5. The van der Waals surface area contributed by atoms with Gasteiger partial charge in [-0.05, 0) is 30.3 Å². The minimum atomic E-state index is -2.06. The van der Waals surface area contributed by atoms with Gasteiger partial charge in [-0.1, -0.05) is 36.4 Å². The Bertz CT molecular complexity index is 1260. The van der Waals surface area contributed by atoms with Crippen LogP contribution in [0.1, 0.15) is 26.9 Å². The molecule has 2 N–H and O–H groups in total. The van der Waals surface area contributed by atoms with E-state index in [1.54, 1.807) is 48.5 Å². The second kappa shape index (κ2) is 10.2. The van der Waals surface area contributed by atoms with Crippen molar-refractivity contribution in [2.75, 3.05) is 18.2 Å². The first-order chi connectivity index (χ1) is 16.8. The van der Waals surface area contributed by atoms with Gasteiger partial charge in [-0.15, -0.1) is 11.6 Å². The summed E-state index contributed by atoms with van der Waals surface area (Å²) in [6.45, 7) is -0.551. The van der Waals surface area contributed by atoms with Gasteiger partial charge < -0.3 is 19.9 Å². The third kappa shape index (κ3) is 5.03. The number of hydrogen-bond donors (Lipinski definition) is 1. The van der Waals surface area contributed by atoms with Crippen molar-refractivity contribution in [2.24, 2.45) is 0 Å². The van der Waals surface area contributed by atoms with Gasteiger partial charge in [0.15, 0.2) is 24.1 Å². The fourth-order valence-corrected chi connectivity index (χ4v) is 3.97. The molecule has 0 saturated carbocycles. The van der Waals surface area contributed by atoms with Gasteiger partial charge in [0.1, 0.15) is 12.4 Å². The first-order valence-electron chi connectivity index (χ1n) is 10.6. The highest BCUT2D eigenvalue weighted by Crippen LogP contribution is 2.42. The molecule has 0 bridgehead atoms. The van der Waals surface area contributed by atoms with Gasteiger partial charge in [0.05, 0.1) is 17.0 Å². The van der Waals surface area contributed by atoms with Gasteiger partial charge in [-0.25, -0.2) is 18.8 Å². The molecule has 1 aromatic heterocycles. The molecule has 0 unspecified atom stereocenters. The number of nitrogens with two attached hydrogens (primary N) is 1. The molecule has 2 heterocycles. The first kappa shape index (κ1) is 24.4. The van der Waals surface area contributed by atoms with E-state index in [1.165, 1.54) is 24.4 Å². The zero-order valence-corrected chi connectivity index (χ0v) is 19.0. The lowest BCUT2D eigenvalue weighted by atomic mass is 9.98. The lowest BCUT2D eigenvalue weighted by Crippen LogP contribution is -2.50. The van der Waals surface area contributed by atoms with Crippen LogP contribution in [0.3, 0.4) is 0 Å². The van der Waals surface area contributed by atoms with Gasteiger partial charge in [-0.2, -0.15) is 4.98 Å². The number of anilines is 1. The Morgan fingerprint density at radius 3 is 2.23 bits per heavy atom. The maximum absolute atomic E-state index is 15.8. The summed E-state index contributed by atoms with van der Waals surface area (Å²) >= 11 is 6.20. The number of nitrogen functional groups attached to an aromatic ring is 1. The van der Waals surface area contributed by atoms with Crippen molar-refractivity contribution in [1.82, 2.24) is 9.55 Å². The molecule has 11 heteroatoms. The molecule has 9 nitrogen and oxygen atoms in total. The Hall–Kier alpha value is -3.76. The van der Waals surface area contributed by atoms with E-state index < -0.39 is 54.2 Å². The number of carbonyl (C=O) groups is 2. The predicted octanol–water partition coefficient (Wildman–Crippen LogP) is 2.75. The molecule has 182 valence electrons. The van der Waals surface area contributed by atoms with Crippen LogP contribution in [-0.2, 0) is 14.2 Å². The first-order valence-corrected chi connectivity index (χ1v) is 11.1. The van der Waals surface area contributed by atoms with E-state index in [0.29, 0.717) is 0 Å². The van der Waals surface area contributed by atoms with E-state index in [4.69, 9.17) is 31.5 Å². The smallest absolute Gasteiger partial charge is 0.351 e. The number of ether oxygens (including phenoxy) is 3. The van der Waals surface area contributed by atoms with Crippen LogP contribution in [-0.4, -0.2) is 51.9 Å². The Morgan fingerprint density at radius 2 is 1.66 bits per heavy atom. The van der Waals surface area contributed by atoms with Crippen LogP contribution in [0.4, 0.5) is 10.2 Å². The van der Waals surface area contributed by atoms with Crippen molar-refractivity contribution in [3.63, 3.8) is 0 Å². The molecule has 1 aliphatic rings. The number of nitrogens with zero attached hydrogens (tertiary/aromatic N) is 2. The molecule has 0 aliphatic carbocycles. The number of rotatable bonds is 7. The second-order valence-electron chi connectivity index (χ2n) is 7.83. The lowest BCUT2D eigenvalue weighted by Gasteiger charge is -2.31. The number of aromatic nitrogens is 2. The van der Waals surface area contributed by atoms with E-state index in [2.05, 4.69) is 4.98 Å². The number of halogens is 2. The summed E-state index contributed by atoms with van der Waals surface area (Å²) in [7, 11) is 0. The fraction of sp³-hybridized carbons (Fsp3) is 0.250. The highest BCUT2D eigenvalue weighted by Gasteiger charge is 2.59. The summed E-state index contributed by atoms with van der Waals surface area (Å²) in [5.41, 5.74) is 3.26. The van der Waals surface area contributed by atoms with Crippen LogP contribution in [0.25, 0.3) is 0 Å². The molecule has 1 saturated heterocycles. The van der Waals surface area contributed by atoms with Crippen LogP contribution in [0, 0.1) is 0 Å². The Morgan fingerprint density at radius 1 is 1.06 bits per heavy atom. The van der Waals surface area contributed by atoms with Crippen molar-refractivity contribution < 1.29 is 28.2 Å². The Kier molecular flexibility index (Phi) is 7.13. The van der Waals surface area contributed by atoms with E-state index in [1.807, 2.05) is 0 Å². The third-order valence-electron chi connectivity index (χ3n) is 5.49. The number of hydrogen-bond acceptors (Lipinski definition) is 8. The summed E-state index contributed by atoms with van der Waals surface area (Å²) in [6, 6.07) is 17.3. The third-order valence-corrected chi connectivity index (χ3v) is 5.94. The minimum absolute atomic E-state index is 0.0629. The summed E-state index contributed by atoms with van der Waals surface area (Å²) in [6.07, 6.45) is -4.04. The summed E-state index contributed by atoms with van der Waals surface area (Å²) in [5.74, 6) is -2.03. The standard InChI is InChI=1S/C24H21ClFN3O6/c25-13-24(14-33-21(30)15-7-3-1-4-8-15)19(34-22(31)16-9-5-2-6-10-16)18(26)20(35-24)29-12-11-17(27)28-23(29)32/h1-12,18-20H,13-14H2,(H2,27,28,32)/t18-,19-,20+,24+/m0/s1. The quantitative estimate of drug-likeness (QED) is 0.387. The molecule has 2 aromatic carbocycles. The zero-order valence-electron chi connectivity index (χ0n) is 18.3. The number of carbonyl (C=O) groups excluding carboxylic acids is 2. The van der Waals surface area contributed by atoms with Gasteiger partial charge in [0, 0.05) is 6.20 Å². The summed E-state index contributed by atoms with van der Waals surface area (Å²) in [5, 5.41) is 0. The molecule has 1 aliphatic heterocycles.